The summed E-state index contributed by atoms with van der Waals surface area (Å²) < 4.78 is 0. The molecule has 0 saturated carbocycles. The Labute approximate surface area is 164 Å². The maximum absolute atomic E-state index is 12.5. The molecule has 2 N–H and O–H groups in total. The molecule has 8 heteroatoms. The summed E-state index contributed by atoms with van der Waals surface area (Å²) in [6, 6.07) is 3.52. The molecule has 2 aliphatic rings. The van der Waals surface area contributed by atoms with Gasteiger partial charge in [-0.3, -0.25) is 10.1 Å². The summed E-state index contributed by atoms with van der Waals surface area (Å²) in [5.41, 5.74) is 3.11. The van der Waals surface area contributed by atoms with Gasteiger partial charge in [0, 0.05) is 66.4 Å². The van der Waals surface area contributed by atoms with E-state index in [0.717, 1.165) is 35.0 Å². The number of fused-ring (bicyclic) bond motifs is 2. The van der Waals surface area contributed by atoms with E-state index in [1.54, 1.807) is 17.0 Å². The number of nitro groups is 1. The van der Waals surface area contributed by atoms with E-state index in [2.05, 4.69) is 22.2 Å². The van der Waals surface area contributed by atoms with Crippen molar-refractivity contribution in [1.82, 2.24) is 20.1 Å². The maximum Gasteiger partial charge on any atom is 0.317 e. The summed E-state index contributed by atoms with van der Waals surface area (Å²) in [6.45, 7) is 6.00. The van der Waals surface area contributed by atoms with Crippen LogP contribution in [0.25, 0.3) is 10.9 Å². The number of aromatic nitrogens is 1. The number of rotatable bonds is 4. The summed E-state index contributed by atoms with van der Waals surface area (Å²) >= 11 is 0. The minimum absolute atomic E-state index is 0.0214. The third-order valence-electron chi connectivity index (χ3n) is 6.40. The molecule has 2 heterocycles. The van der Waals surface area contributed by atoms with Crippen LogP contribution < -0.4 is 5.32 Å². The first-order valence-electron chi connectivity index (χ1n) is 9.97. The van der Waals surface area contributed by atoms with Gasteiger partial charge < -0.3 is 20.1 Å². The average Bonchev–Trinajstić information content (AvgIpc) is 3.07. The van der Waals surface area contributed by atoms with E-state index in [0.29, 0.717) is 19.5 Å². The molecule has 1 aliphatic heterocycles. The number of carbonyl (C=O) groups is 1. The lowest BCUT2D eigenvalue weighted by Gasteiger charge is -2.45. The largest absolute Gasteiger partial charge is 0.361 e. The molecule has 1 fully saturated rings. The highest BCUT2D eigenvalue weighted by molar-refractivity contribution is 5.91. The van der Waals surface area contributed by atoms with E-state index >= 15 is 0 Å². The molecule has 0 radical (unpaired) electrons. The first-order chi connectivity index (χ1) is 13.4. The van der Waals surface area contributed by atoms with Crippen molar-refractivity contribution in [3.63, 3.8) is 0 Å². The number of nitrogens with zero attached hydrogens (tertiary/aromatic N) is 3. The highest BCUT2D eigenvalue weighted by Gasteiger charge is 2.43. The highest BCUT2D eigenvalue weighted by Crippen LogP contribution is 2.46. The third-order valence-corrected chi connectivity index (χ3v) is 6.40. The molecule has 2 aromatic rings. The minimum Gasteiger partial charge on any atom is -0.361 e. The van der Waals surface area contributed by atoms with Crippen LogP contribution in [0.5, 0.6) is 0 Å². The standard InChI is InChI=1S/C20H27N5O3/c1-4-24(5-2)20(26)22-13-9-14-17(23(3)11-13)8-12-10-21-15-6-7-16(25(27)28)19(14)18(12)15/h6-7,10,13-14,17,21H,4-5,8-9,11H2,1-3H3,(H,22,26)/t13-,14-,17+/m0/s1. The maximum atomic E-state index is 12.5. The predicted octanol–water partition coefficient (Wildman–Crippen LogP) is 2.84. The molecule has 3 atom stereocenters. The summed E-state index contributed by atoms with van der Waals surface area (Å²) in [7, 11) is 2.05. The molecule has 1 aliphatic carbocycles. The Morgan fingerprint density at radius 1 is 1.39 bits per heavy atom. The van der Waals surface area contributed by atoms with Gasteiger partial charge in [-0.15, -0.1) is 0 Å². The van der Waals surface area contributed by atoms with E-state index in [-0.39, 0.29) is 34.6 Å². The molecule has 28 heavy (non-hydrogen) atoms. The Balaban J connectivity index is 1.70. The van der Waals surface area contributed by atoms with Crippen molar-refractivity contribution >= 4 is 22.6 Å². The summed E-state index contributed by atoms with van der Waals surface area (Å²) in [5.74, 6) is 0.0214. The monoisotopic (exact) mass is 385 g/mol. The number of H-pyrrole nitrogens is 1. The van der Waals surface area contributed by atoms with Gasteiger partial charge in [-0.25, -0.2) is 4.79 Å². The third kappa shape index (κ3) is 2.92. The number of nitro benzene ring substituents is 1. The summed E-state index contributed by atoms with van der Waals surface area (Å²) in [6.07, 6.45) is 3.56. The van der Waals surface area contributed by atoms with Crippen LogP contribution in [-0.4, -0.2) is 64.5 Å². The topological polar surface area (TPSA) is 94.5 Å². The number of hydrogen-bond acceptors (Lipinski definition) is 4. The van der Waals surface area contributed by atoms with E-state index < -0.39 is 0 Å². The van der Waals surface area contributed by atoms with Crippen molar-refractivity contribution in [2.75, 3.05) is 26.7 Å². The Kier molecular flexibility index (Phi) is 4.74. The molecule has 150 valence electrons. The summed E-state index contributed by atoms with van der Waals surface area (Å²) in [5, 5.41) is 15.9. The van der Waals surface area contributed by atoms with Crippen molar-refractivity contribution in [1.29, 1.82) is 0 Å². The number of urea groups is 1. The van der Waals surface area contributed by atoms with Gasteiger partial charge in [0.1, 0.15) is 0 Å². The number of carbonyl (C=O) groups excluding carboxylic acids is 1. The molecule has 0 spiro atoms. The van der Waals surface area contributed by atoms with Gasteiger partial charge in [-0.05, 0) is 45.4 Å². The molecule has 1 aromatic carbocycles. The fraction of sp³-hybridized carbons (Fsp3) is 0.550. The molecule has 8 nitrogen and oxygen atoms in total. The molecule has 2 amide bonds. The number of likely N-dealkylation sites (tertiary alicyclic amines) is 1. The first kappa shape index (κ1) is 18.7. The van der Waals surface area contributed by atoms with Crippen LogP contribution >= 0.6 is 0 Å². The number of benzene rings is 1. The van der Waals surface area contributed by atoms with Crippen molar-refractivity contribution < 1.29 is 9.72 Å². The predicted molar refractivity (Wildman–Crippen MR) is 108 cm³/mol. The molecular weight excluding hydrogens is 358 g/mol. The van der Waals surface area contributed by atoms with Gasteiger partial charge >= 0.3 is 6.03 Å². The Bertz CT molecular complexity index is 920. The normalized spacial score (nSPS) is 24.0. The number of aromatic amines is 1. The van der Waals surface area contributed by atoms with Crippen molar-refractivity contribution in [3.8, 4) is 0 Å². The molecule has 0 bridgehead atoms. The zero-order chi connectivity index (χ0) is 20.0. The number of likely N-dealkylation sites (N-methyl/N-ethyl adjacent to an activating group) is 1. The van der Waals surface area contributed by atoms with Gasteiger partial charge in [0.15, 0.2) is 0 Å². The number of nitrogens with one attached hydrogen (secondary N) is 2. The van der Waals surface area contributed by atoms with Gasteiger partial charge in [0.25, 0.3) is 5.69 Å². The Morgan fingerprint density at radius 2 is 2.14 bits per heavy atom. The SMILES string of the molecule is CCN(CC)C(=O)N[C@H]1C[C@@H]2c3c([N+](=O)[O-])ccc4[nH]cc(c34)C[C@H]2N(C)C1. The Hall–Kier alpha value is -2.61. The fourth-order valence-corrected chi connectivity index (χ4v) is 5.05. The lowest BCUT2D eigenvalue weighted by atomic mass is 9.73. The van der Waals surface area contributed by atoms with Crippen molar-refractivity contribution in [2.24, 2.45) is 0 Å². The number of piperidine rings is 1. The molecule has 1 saturated heterocycles. The van der Waals surface area contributed by atoms with Crippen LogP contribution in [-0.2, 0) is 6.42 Å². The zero-order valence-corrected chi connectivity index (χ0v) is 16.6. The van der Waals surface area contributed by atoms with E-state index in [9.17, 15) is 14.9 Å². The molecule has 4 rings (SSSR count). The smallest absolute Gasteiger partial charge is 0.317 e. The van der Waals surface area contributed by atoms with Crippen LogP contribution in [0.15, 0.2) is 18.3 Å². The molecule has 0 unspecified atom stereocenters. The van der Waals surface area contributed by atoms with E-state index in [1.165, 1.54) is 0 Å². The second-order valence-electron chi connectivity index (χ2n) is 7.86. The first-order valence-corrected chi connectivity index (χ1v) is 9.97. The van der Waals surface area contributed by atoms with Crippen LogP contribution in [0.1, 0.15) is 37.3 Å². The average molecular weight is 385 g/mol. The Morgan fingerprint density at radius 3 is 2.82 bits per heavy atom. The zero-order valence-electron chi connectivity index (χ0n) is 16.6. The van der Waals surface area contributed by atoms with Crippen molar-refractivity contribution in [3.05, 3.63) is 39.6 Å². The second-order valence-corrected chi connectivity index (χ2v) is 7.86. The van der Waals surface area contributed by atoms with E-state index in [1.807, 2.05) is 20.0 Å². The van der Waals surface area contributed by atoms with Crippen molar-refractivity contribution in [2.45, 2.75) is 44.7 Å². The van der Waals surface area contributed by atoms with Gasteiger partial charge in [0.2, 0.25) is 0 Å². The lowest BCUT2D eigenvalue weighted by molar-refractivity contribution is -0.385. The fourth-order valence-electron chi connectivity index (χ4n) is 5.05. The molecular formula is C20H27N5O3. The lowest BCUT2D eigenvalue weighted by Crippen LogP contribution is -2.56. The summed E-state index contributed by atoms with van der Waals surface area (Å²) in [4.78, 5) is 31.3. The number of amides is 2. The quantitative estimate of drug-likeness (QED) is 0.625. The van der Waals surface area contributed by atoms with Gasteiger partial charge in [0.05, 0.1) is 4.92 Å². The van der Waals surface area contributed by atoms with Crippen LogP contribution in [0.2, 0.25) is 0 Å². The van der Waals surface area contributed by atoms with E-state index in [4.69, 9.17) is 0 Å². The van der Waals surface area contributed by atoms with Crippen LogP contribution in [0.3, 0.4) is 0 Å². The van der Waals surface area contributed by atoms with Crippen LogP contribution in [0, 0.1) is 10.1 Å². The second kappa shape index (κ2) is 7.09. The van der Waals surface area contributed by atoms with Crippen LogP contribution in [0.4, 0.5) is 10.5 Å². The number of hydrogen-bond donors (Lipinski definition) is 2. The highest BCUT2D eigenvalue weighted by atomic mass is 16.6. The van der Waals surface area contributed by atoms with Gasteiger partial charge in [-0.1, -0.05) is 0 Å². The minimum atomic E-state index is -0.272. The molecule has 1 aromatic heterocycles. The van der Waals surface area contributed by atoms with Gasteiger partial charge in [-0.2, -0.15) is 0 Å².